The fraction of sp³-hybridized carbons (Fsp3) is 0.841. The van der Waals surface area contributed by atoms with Crippen LogP contribution in [0.1, 0.15) is 201 Å². The molecular weight excluding hydrogens is 638 g/mol. The monoisotopic (exact) mass is 720 g/mol. The zero-order valence-electron chi connectivity index (χ0n) is 33.9. The van der Waals surface area contributed by atoms with Gasteiger partial charge in [0.1, 0.15) is 19.3 Å². The first-order chi connectivity index (χ1) is 25.0. The fourth-order valence-corrected chi connectivity index (χ4v) is 6.17. The number of esters is 3. The van der Waals surface area contributed by atoms with Gasteiger partial charge in [-0.1, -0.05) is 129 Å². The van der Waals surface area contributed by atoms with Gasteiger partial charge < -0.3 is 19.1 Å². The van der Waals surface area contributed by atoms with Gasteiger partial charge in [0.2, 0.25) is 0 Å². The minimum Gasteiger partial charge on any atom is -0.462 e. The number of hydrogen-bond donors (Lipinski definition) is 0. The van der Waals surface area contributed by atoms with Crippen LogP contribution in [-0.2, 0) is 28.6 Å². The number of ether oxygens (including phenoxy) is 3. The maximum absolute atomic E-state index is 12.7. The average Bonchev–Trinajstić information content (AvgIpc) is 3.12. The number of rotatable bonds is 38. The Balaban J connectivity index is 4.26. The summed E-state index contributed by atoms with van der Waals surface area (Å²) in [5.41, 5.74) is 0. The van der Waals surface area contributed by atoms with Crippen molar-refractivity contribution in [2.24, 2.45) is 0 Å². The molecule has 0 saturated carbocycles. The van der Waals surface area contributed by atoms with Gasteiger partial charge in [-0.05, 0) is 96.7 Å². The van der Waals surface area contributed by atoms with Gasteiger partial charge in [0.15, 0.2) is 0 Å². The third-order valence-electron chi connectivity index (χ3n) is 9.57. The van der Waals surface area contributed by atoms with E-state index < -0.39 is 0 Å². The number of allylic oxidation sites excluding steroid dienone is 2. The molecule has 0 aliphatic carbocycles. The van der Waals surface area contributed by atoms with E-state index in [4.69, 9.17) is 14.2 Å². The molecule has 0 atom stereocenters. The zero-order valence-corrected chi connectivity index (χ0v) is 33.9. The van der Waals surface area contributed by atoms with Crippen LogP contribution in [0.25, 0.3) is 0 Å². The van der Waals surface area contributed by atoms with Gasteiger partial charge in [-0.3, -0.25) is 14.4 Å². The van der Waals surface area contributed by atoms with E-state index in [1.54, 1.807) is 0 Å². The standard InChI is InChI=1S/C44H81NO6/c1-5-9-11-13-15-23-31-39-49-42(46)35-27-21-17-19-25-33-41(51-44(48)37-29-30-38-45(7-3)8-4)34-26-20-18-22-28-36-43(47)50-40-32-24-16-14-12-10-6-2/h23-24,31-32,41H,5-22,25-30,33-40H2,1-4H3/b31-23-,32-24-. The molecule has 0 rings (SSSR count). The zero-order chi connectivity index (χ0) is 37.5. The van der Waals surface area contributed by atoms with Crippen LogP contribution in [0.4, 0.5) is 0 Å². The Bertz CT molecular complexity index is 801. The van der Waals surface area contributed by atoms with E-state index >= 15 is 0 Å². The lowest BCUT2D eigenvalue weighted by Crippen LogP contribution is -2.24. The van der Waals surface area contributed by atoms with Gasteiger partial charge in [0.25, 0.3) is 0 Å². The Labute approximate surface area is 315 Å². The van der Waals surface area contributed by atoms with E-state index in [0.717, 1.165) is 122 Å². The Morgan fingerprint density at radius 2 is 0.882 bits per heavy atom. The predicted molar refractivity (Wildman–Crippen MR) is 214 cm³/mol. The summed E-state index contributed by atoms with van der Waals surface area (Å²) >= 11 is 0. The van der Waals surface area contributed by atoms with Crippen LogP contribution in [0.2, 0.25) is 0 Å². The minimum atomic E-state index is -0.106. The molecule has 0 saturated heterocycles. The molecule has 0 bridgehead atoms. The molecule has 7 heteroatoms. The van der Waals surface area contributed by atoms with Crippen molar-refractivity contribution in [1.29, 1.82) is 0 Å². The Morgan fingerprint density at radius 1 is 0.471 bits per heavy atom. The predicted octanol–water partition coefficient (Wildman–Crippen LogP) is 12.0. The van der Waals surface area contributed by atoms with E-state index in [2.05, 4.69) is 44.7 Å². The van der Waals surface area contributed by atoms with E-state index in [1.807, 2.05) is 12.2 Å². The van der Waals surface area contributed by atoms with Crippen molar-refractivity contribution in [3.8, 4) is 0 Å². The Hall–Kier alpha value is -2.15. The first-order valence-corrected chi connectivity index (χ1v) is 21.5. The average molecular weight is 720 g/mol. The van der Waals surface area contributed by atoms with Crippen molar-refractivity contribution in [3.05, 3.63) is 24.3 Å². The van der Waals surface area contributed by atoms with Crippen LogP contribution in [0.5, 0.6) is 0 Å². The van der Waals surface area contributed by atoms with E-state index in [0.29, 0.717) is 32.5 Å². The first kappa shape index (κ1) is 48.9. The largest absolute Gasteiger partial charge is 0.462 e. The summed E-state index contributed by atoms with van der Waals surface area (Å²) in [5, 5.41) is 0. The highest BCUT2D eigenvalue weighted by molar-refractivity contribution is 5.70. The second kappa shape index (κ2) is 39.1. The Morgan fingerprint density at radius 3 is 1.35 bits per heavy atom. The molecule has 0 amide bonds. The highest BCUT2D eigenvalue weighted by atomic mass is 16.5. The fourth-order valence-electron chi connectivity index (χ4n) is 6.17. The maximum atomic E-state index is 12.7. The van der Waals surface area contributed by atoms with Crippen LogP contribution < -0.4 is 0 Å². The lowest BCUT2D eigenvalue weighted by molar-refractivity contribution is -0.150. The number of carbonyl (C=O) groups excluding carboxylic acids is 3. The third kappa shape index (κ3) is 36.0. The van der Waals surface area contributed by atoms with Crippen LogP contribution in [-0.4, -0.2) is 61.8 Å². The molecule has 0 aromatic rings. The smallest absolute Gasteiger partial charge is 0.306 e. The summed E-state index contributed by atoms with van der Waals surface area (Å²) < 4.78 is 16.7. The van der Waals surface area contributed by atoms with Crippen LogP contribution in [0.15, 0.2) is 24.3 Å². The summed E-state index contributed by atoms with van der Waals surface area (Å²) in [7, 11) is 0. The quantitative estimate of drug-likeness (QED) is 0.0272. The summed E-state index contributed by atoms with van der Waals surface area (Å²) in [6, 6.07) is 0. The van der Waals surface area contributed by atoms with Gasteiger partial charge in [-0.25, -0.2) is 0 Å². The summed E-state index contributed by atoms with van der Waals surface area (Å²) in [6.45, 7) is 12.7. The molecule has 0 radical (unpaired) electrons. The number of unbranched alkanes of at least 4 members (excludes halogenated alkanes) is 17. The molecule has 7 nitrogen and oxygen atoms in total. The highest BCUT2D eigenvalue weighted by Crippen LogP contribution is 2.18. The van der Waals surface area contributed by atoms with E-state index in [-0.39, 0.29) is 24.0 Å². The maximum Gasteiger partial charge on any atom is 0.306 e. The molecule has 0 aliphatic heterocycles. The van der Waals surface area contributed by atoms with Crippen molar-refractivity contribution >= 4 is 17.9 Å². The van der Waals surface area contributed by atoms with Gasteiger partial charge in [0.05, 0.1) is 0 Å². The molecule has 0 N–H and O–H groups in total. The molecule has 0 spiro atoms. The van der Waals surface area contributed by atoms with Gasteiger partial charge in [-0.2, -0.15) is 0 Å². The van der Waals surface area contributed by atoms with Gasteiger partial charge in [0, 0.05) is 19.3 Å². The third-order valence-corrected chi connectivity index (χ3v) is 9.57. The molecule has 0 unspecified atom stereocenters. The van der Waals surface area contributed by atoms with E-state index in [1.165, 1.54) is 51.4 Å². The SMILES string of the molecule is CCCCCC/C=C\COC(=O)CCCCCCCC(CCCCCCCC(=O)OC/C=C\CCCCCC)OC(=O)CCCCN(CC)CC. The Kier molecular flexibility index (Phi) is 37.4. The van der Waals surface area contributed by atoms with Crippen LogP contribution in [0.3, 0.4) is 0 Å². The second-order valence-electron chi connectivity index (χ2n) is 14.2. The summed E-state index contributed by atoms with van der Waals surface area (Å²) in [6.07, 6.45) is 35.6. The van der Waals surface area contributed by atoms with Crippen molar-refractivity contribution in [2.75, 3.05) is 32.8 Å². The molecule has 0 heterocycles. The van der Waals surface area contributed by atoms with Crippen molar-refractivity contribution < 1.29 is 28.6 Å². The summed E-state index contributed by atoms with van der Waals surface area (Å²) in [4.78, 5) is 39.2. The number of nitrogens with zero attached hydrogens (tertiary/aromatic N) is 1. The molecule has 298 valence electrons. The van der Waals surface area contributed by atoms with Crippen molar-refractivity contribution in [3.63, 3.8) is 0 Å². The van der Waals surface area contributed by atoms with Crippen molar-refractivity contribution in [1.82, 2.24) is 4.90 Å². The minimum absolute atomic E-state index is 0.0235. The van der Waals surface area contributed by atoms with Crippen LogP contribution >= 0.6 is 0 Å². The van der Waals surface area contributed by atoms with Crippen LogP contribution in [0, 0.1) is 0 Å². The van der Waals surface area contributed by atoms with Gasteiger partial charge in [-0.15, -0.1) is 0 Å². The molecule has 0 aromatic carbocycles. The summed E-state index contributed by atoms with van der Waals surface area (Å²) in [5.74, 6) is -0.272. The topological polar surface area (TPSA) is 82.1 Å². The molecular formula is C44H81NO6. The number of carbonyl (C=O) groups is 3. The number of hydrogen-bond acceptors (Lipinski definition) is 7. The van der Waals surface area contributed by atoms with Crippen molar-refractivity contribution in [2.45, 2.75) is 207 Å². The lowest BCUT2D eigenvalue weighted by Gasteiger charge is -2.19. The van der Waals surface area contributed by atoms with Gasteiger partial charge >= 0.3 is 17.9 Å². The van der Waals surface area contributed by atoms with E-state index in [9.17, 15) is 14.4 Å². The normalized spacial score (nSPS) is 11.7. The first-order valence-electron chi connectivity index (χ1n) is 21.5. The highest BCUT2D eigenvalue weighted by Gasteiger charge is 2.15. The molecule has 0 aromatic heterocycles. The molecule has 0 fully saturated rings. The molecule has 0 aliphatic rings. The molecule has 51 heavy (non-hydrogen) atoms. The lowest BCUT2D eigenvalue weighted by atomic mass is 10.0. The second-order valence-corrected chi connectivity index (χ2v) is 14.2.